The maximum absolute atomic E-state index is 13.4. The molecule has 2 aromatic carbocycles. The zero-order chi connectivity index (χ0) is 28.3. The van der Waals surface area contributed by atoms with Crippen molar-refractivity contribution in [1.82, 2.24) is 24.8 Å². The van der Waals surface area contributed by atoms with E-state index in [-0.39, 0.29) is 30.1 Å². The van der Waals surface area contributed by atoms with Gasteiger partial charge in [0.15, 0.2) is 0 Å². The van der Waals surface area contributed by atoms with Crippen LogP contribution in [0, 0.1) is 5.82 Å². The highest BCUT2D eigenvalue weighted by Gasteiger charge is 2.29. The molecule has 0 saturated carbocycles. The molecular formula is C30H30FN7O3. The van der Waals surface area contributed by atoms with Crippen molar-refractivity contribution in [2.75, 3.05) is 36.4 Å². The third-order valence-corrected chi connectivity index (χ3v) is 7.68. The predicted octanol–water partition coefficient (Wildman–Crippen LogP) is 2.84. The second-order valence-corrected chi connectivity index (χ2v) is 10.4. The molecule has 10 nitrogen and oxygen atoms in total. The van der Waals surface area contributed by atoms with E-state index in [1.165, 1.54) is 28.7 Å². The van der Waals surface area contributed by atoms with Crippen LogP contribution in [0.1, 0.15) is 30.0 Å². The van der Waals surface area contributed by atoms with Gasteiger partial charge in [-0.15, -0.1) is 0 Å². The van der Waals surface area contributed by atoms with Crippen molar-refractivity contribution < 1.29 is 14.0 Å². The van der Waals surface area contributed by atoms with Gasteiger partial charge in [0.2, 0.25) is 11.8 Å². The van der Waals surface area contributed by atoms with E-state index in [4.69, 9.17) is 0 Å². The van der Waals surface area contributed by atoms with E-state index in [0.29, 0.717) is 23.1 Å². The van der Waals surface area contributed by atoms with Gasteiger partial charge in [0.25, 0.3) is 5.56 Å². The molecular weight excluding hydrogens is 525 g/mol. The number of carbonyl (C=O) groups excluding carboxylic acids is 2. The highest BCUT2D eigenvalue weighted by molar-refractivity contribution is 5.99. The third kappa shape index (κ3) is 5.80. The number of fused-ring (bicyclic) bond motifs is 1. The molecule has 1 atom stereocenters. The van der Waals surface area contributed by atoms with Gasteiger partial charge in [0.1, 0.15) is 17.7 Å². The van der Waals surface area contributed by atoms with Gasteiger partial charge in [-0.3, -0.25) is 29.2 Å². The Kier molecular flexibility index (Phi) is 7.43. The molecule has 11 heteroatoms. The zero-order valence-electron chi connectivity index (χ0n) is 22.4. The quantitative estimate of drug-likeness (QED) is 0.335. The van der Waals surface area contributed by atoms with Gasteiger partial charge in [-0.2, -0.15) is 0 Å². The van der Waals surface area contributed by atoms with E-state index < -0.39 is 11.9 Å². The molecule has 41 heavy (non-hydrogen) atoms. The summed E-state index contributed by atoms with van der Waals surface area (Å²) in [5.74, 6) is -0.335. The molecule has 2 fully saturated rings. The van der Waals surface area contributed by atoms with Crippen LogP contribution in [0.15, 0.2) is 71.9 Å². The summed E-state index contributed by atoms with van der Waals surface area (Å²) in [4.78, 5) is 50.5. The van der Waals surface area contributed by atoms with Crippen LogP contribution in [0.4, 0.5) is 15.9 Å². The number of piperazine rings is 1. The van der Waals surface area contributed by atoms with Crippen molar-refractivity contribution in [2.24, 2.45) is 0 Å². The van der Waals surface area contributed by atoms with Crippen LogP contribution in [0.5, 0.6) is 0 Å². The van der Waals surface area contributed by atoms with Crippen LogP contribution in [-0.4, -0.2) is 57.4 Å². The fourth-order valence-electron chi connectivity index (χ4n) is 5.40. The van der Waals surface area contributed by atoms with Crippen LogP contribution in [0.25, 0.3) is 10.9 Å². The number of nitrogens with zero attached hydrogens (tertiary/aromatic N) is 5. The number of carbonyl (C=O) groups is 2. The van der Waals surface area contributed by atoms with E-state index in [1.54, 1.807) is 12.1 Å². The number of rotatable bonds is 7. The fourth-order valence-corrected chi connectivity index (χ4v) is 5.40. The fraction of sp³-hybridized carbons (Fsp3) is 0.300. The maximum Gasteiger partial charge on any atom is 0.264 e. The molecule has 4 heterocycles. The number of benzene rings is 2. The smallest absolute Gasteiger partial charge is 0.264 e. The zero-order valence-corrected chi connectivity index (χ0v) is 22.4. The minimum Gasteiger partial charge on any atom is -0.380 e. The van der Waals surface area contributed by atoms with Crippen molar-refractivity contribution >= 4 is 34.2 Å². The number of hydrogen-bond acceptors (Lipinski definition) is 8. The van der Waals surface area contributed by atoms with Crippen molar-refractivity contribution in [2.45, 2.75) is 32.0 Å². The molecule has 0 aliphatic carbocycles. The summed E-state index contributed by atoms with van der Waals surface area (Å²) in [7, 11) is 0. The lowest BCUT2D eigenvalue weighted by atomic mass is 10.1. The number of hydrogen-bond donors (Lipinski definition) is 2. The summed E-state index contributed by atoms with van der Waals surface area (Å²) in [5, 5.41) is 6.08. The molecule has 0 radical (unpaired) electrons. The second kappa shape index (κ2) is 11.5. The van der Waals surface area contributed by atoms with Crippen molar-refractivity contribution in [1.29, 1.82) is 0 Å². The molecule has 6 rings (SSSR count). The first-order valence-corrected chi connectivity index (χ1v) is 13.7. The number of piperidine rings is 1. The predicted molar refractivity (Wildman–Crippen MR) is 153 cm³/mol. The van der Waals surface area contributed by atoms with E-state index in [9.17, 15) is 18.8 Å². The highest BCUT2D eigenvalue weighted by Crippen LogP contribution is 2.23. The van der Waals surface area contributed by atoms with E-state index in [2.05, 4.69) is 54.7 Å². The first kappa shape index (κ1) is 26.6. The number of halogens is 1. The lowest BCUT2D eigenvalue weighted by Gasteiger charge is -2.35. The van der Waals surface area contributed by atoms with E-state index in [0.717, 1.165) is 44.1 Å². The Labute approximate surface area is 235 Å². The Balaban J connectivity index is 1.09. The minimum atomic E-state index is -0.764. The van der Waals surface area contributed by atoms with Gasteiger partial charge >= 0.3 is 0 Å². The number of imide groups is 1. The maximum atomic E-state index is 13.4. The Bertz CT molecular complexity index is 1630. The average molecular weight is 556 g/mol. The third-order valence-electron chi connectivity index (χ3n) is 7.68. The van der Waals surface area contributed by atoms with Gasteiger partial charge < -0.3 is 10.2 Å². The Hall–Kier alpha value is -4.64. The van der Waals surface area contributed by atoms with Crippen LogP contribution in [-0.2, 0) is 22.7 Å². The molecule has 210 valence electrons. The summed E-state index contributed by atoms with van der Waals surface area (Å²) in [5.41, 5.74) is 3.13. The van der Waals surface area contributed by atoms with Gasteiger partial charge in [0.05, 0.1) is 23.4 Å². The summed E-state index contributed by atoms with van der Waals surface area (Å²) in [6, 6.07) is 16.2. The summed E-state index contributed by atoms with van der Waals surface area (Å²) in [6.45, 7) is 4.82. The molecule has 0 spiro atoms. The molecule has 0 bridgehead atoms. The molecule has 2 saturated heterocycles. The monoisotopic (exact) mass is 555 g/mol. The molecule has 2 amide bonds. The van der Waals surface area contributed by atoms with E-state index in [1.807, 2.05) is 12.1 Å². The molecule has 2 aromatic heterocycles. The molecule has 2 aliphatic heterocycles. The topological polar surface area (TPSA) is 112 Å². The second-order valence-electron chi connectivity index (χ2n) is 10.4. The van der Waals surface area contributed by atoms with Gasteiger partial charge in [0, 0.05) is 51.4 Å². The van der Waals surface area contributed by atoms with E-state index >= 15 is 0 Å². The van der Waals surface area contributed by atoms with Crippen molar-refractivity contribution in [3.05, 3.63) is 94.4 Å². The standard InChI is InChI=1S/C30H30FN7O3/c31-22-8-10-26(33-17-22)37-14-12-36(13-15-37)18-21-6-4-20(5-7-21)16-32-23-2-1-3-24-28(23)30(41)38(19-34-24)25-9-11-27(39)35-29(25)40/h1-8,10,17,19,25,32H,9,11-16,18H2,(H,35,39,40). The first-order chi connectivity index (χ1) is 19.9. The highest BCUT2D eigenvalue weighted by atomic mass is 19.1. The summed E-state index contributed by atoms with van der Waals surface area (Å²) in [6.07, 6.45) is 3.08. The number of amides is 2. The van der Waals surface area contributed by atoms with Crippen LogP contribution >= 0.6 is 0 Å². The minimum absolute atomic E-state index is 0.181. The van der Waals surface area contributed by atoms with Gasteiger partial charge in [-0.1, -0.05) is 30.3 Å². The van der Waals surface area contributed by atoms with Crippen LogP contribution in [0.3, 0.4) is 0 Å². The molecule has 2 N–H and O–H groups in total. The largest absolute Gasteiger partial charge is 0.380 e. The first-order valence-electron chi connectivity index (χ1n) is 13.7. The summed E-state index contributed by atoms with van der Waals surface area (Å²) < 4.78 is 14.5. The average Bonchev–Trinajstić information content (AvgIpc) is 2.98. The van der Waals surface area contributed by atoms with Gasteiger partial charge in [-0.05, 0) is 41.8 Å². The lowest BCUT2D eigenvalue weighted by Crippen LogP contribution is -2.46. The normalized spacial score (nSPS) is 18.0. The number of pyridine rings is 1. The Morgan fingerprint density at radius 2 is 1.71 bits per heavy atom. The Morgan fingerprint density at radius 1 is 0.927 bits per heavy atom. The Morgan fingerprint density at radius 3 is 2.44 bits per heavy atom. The molecule has 4 aromatic rings. The molecule has 2 aliphatic rings. The molecule has 1 unspecified atom stereocenters. The number of nitrogens with one attached hydrogen (secondary N) is 2. The number of aromatic nitrogens is 3. The SMILES string of the molecule is O=C1CCC(n2cnc3cccc(NCc4ccc(CN5CCN(c6ccc(F)cn6)CC5)cc4)c3c2=O)C(=O)N1. The van der Waals surface area contributed by atoms with Gasteiger partial charge in [-0.25, -0.2) is 14.4 Å². The number of anilines is 2. The summed E-state index contributed by atoms with van der Waals surface area (Å²) >= 11 is 0. The van der Waals surface area contributed by atoms with Crippen LogP contribution < -0.4 is 21.1 Å². The van der Waals surface area contributed by atoms with Crippen LogP contribution in [0.2, 0.25) is 0 Å². The van der Waals surface area contributed by atoms with Crippen molar-refractivity contribution in [3.8, 4) is 0 Å². The lowest BCUT2D eigenvalue weighted by molar-refractivity contribution is -0.135. The van der Waals surface area contributed by atoms with Crippen molar-refractivity contribution in [3.63, 3.8) is 0 Å².